The summed E-state index contributed by atoms with van der Waals surface area (Å²) in [4.78, 5) is 37.8. The molecule has 0 atom stereocenters. The van der Waals surface area contributed by atoms with Crippen LogP contribution in [0.25, 0.3) is 20.9 Å². The third kappa shape index (κ3) is 4.86. The highest BCUT2D eigenvalue weighted by atomic mass is 32.1. The number of ketones is 2. The van der Waals surface area contributed by atoms with Crippen molar-refractivity contribution in [2.24, 2.45) is 0 Å². The Morgan fingerprint density at radius 1 is 0.710 bits per heavy atom. The highest BCUT2D eigenvalue weighted by molar-refractivity contribution is 7.16. The lowest BCUT2D eigenvalue weighted by atomic mass is 10.0. The Morgan fingerprint density at radius 2 is 1.10 bits per heavy atom. The van der Waals surface area contributed by atoms with E-state index in [0.717, 1.165) is 41.8 Å². The summed E-state index contributed by atoms with van der Waals surface area (Å²) in [7, 11) is 0. The molecule has 0 bridgehead atoms. The zero-order valence-corrected chi connectivity index (χ0v) is 19.1. The predicted octanol–water partition coefficient (Wildman–Crippen LogP) is 6.79. The largest absolute Gasteiger partial charge is 0.294 e. The first-order chi connectivity index (χ1) is 15.0. The van der Waals surface area contributed by atoms with Crippen molar-refractivity contribution in [3.05, 3.63) is 82.1 Å². The van der Waals surface area contributed by atoms with Crippen LogP contribution in [0.1, 0.15) is 49.7 Å². The third-order valence-electron chi connectivity index (χ3n) is 5.17. The van der Waals surface area contributed by atoms with E-state index in [9.17, 15) is 9.59 Å². The molecule has 0 aliphatic heterocycles. The van der Waals surface area contributed by atoms with E-state index in [1.807, 2.05) is 50.2 Å². The van der Waals surface area contributed by atoms with Gasteiger partial charge in [0.05, 0.1) is 0 Å². The van der Waals surface area contributed by atoms with Gasteiger partial charge in [0.1, 0.15) is 0 Å². The van der Waals surface area contributed by atoms with Gasteiger partial charge in [-0.2, -0.15) is 0 Å². The molecule has 4 aromatic rings. The molecule has 31 heavy (non-hydrogen) atoms. The van der Waals surface area contributed by atoms with E-state index in [1.165, 1.54) is 0 Å². The average Bonchev–Trinajstić information content (AvgIpc) is 3.38. The number of nitrogens with zero attached hydrogens (tertiary/aromatic N) is 2. The van der Waals surface area contributed by atoms with E-state index in [0.29, 0.717) is 19.3 Å². The summed E-state index contributed by atoms with van der Waals surface area (Å²) in [5.41, 5.74) is 3.65. The predicted molar refractivity (Wildman–Crippen MR) is 127 cm³/mol. The second-order valence-corrected chi connectivity index (χ2v) is 9.85. The van der Waals surface area contributed by atoms with Crippen LogP contribution in [0.3, 0.4) is 0 Å². The quantitative estimate of drug-likeness (QED) is 0.280. The molecular formula is C25H22N2O2S2. The molecule has 4 aromatic heterocycles. The molecular weight excluding hydrogens is 424 g/mol. The standard InChI is InChI=1S/C25H22N2O2S2/c1-16-20(14-24(30-16)18-6-10-26-11-7-18)22(28)4-3-5-23(29)21-15-25(31-17(21)2)19-8-12-27-13-9-19/h6-15H,3-5H2,1-2H3. The van der Waals surface area contributed by atoms with Crippen molar-refractivity contribution in [2.75, 3.05) is 0 Å². The third-order valence-corrected chi connectivity index (χ3v) is 7.37. The van der Waals surface area contributed by atoms with E-state index < -0.39 is 0 Å². The Morgan fingerprint density at radius 3 is 1.48 bits per heavy atom. The lowest BCUT2D eigenvalue weighted by Crippen LogP contribution is -2.03. The lowest BCUT2D eigenvalue weighted by Gasteiger charge is -2.01. The molecule has 4 nitrogen and oxygen atoms in total. The number of pyridine rings is 2. The Balaban J connectivity index is 1.38. The van der Waals surface area contributed by atoms with Crippen molar-refractivity contribution in [3.8, 4) is 20.9 Å². The molecule has 4 rings (SSSR count). The SMILES string of the molecule is Cc1sc(-c2ccncc2)cc1C(=O)CCCC(=O)c1cc(-c2ccncc2)sc1C. The fourth-order valence-electron chi connectivity index (χ4n) is 3.51. The number of rotatable bonds is 8. The summed E-state index contributed by atoms with van der Waals surface area (Å²) < 4.78 is 0. The van der Waals surface area contributed by atoms with Crippen LogP contribution in [-0.4, -0.2) is 21.5 Å². The highest BCUT2D eigenvalue weighted by Crippen LogP contribution is 2.33. The molecule has 0 unspecified atom stereocenters. The summed E-state index contributed by atoms with van der Waals surface area (Å²) in [5, 5.41) is 0. The maximum absolute atomic E-state index is 12.8. The molecule has 0 radical (unpaired) electrons. The van der Waals surface area contributed by atoms with Gasteiger partial charge in [-0.1, -0.05) is 0 Å². The number of hydrogen-bond acceptors (Lipinski definition) is 6. The van der Waals surface area contributed by atoms with E-state index in [4.69, 9.17) is 0 Å². The molecule has 0 aliphatic rings. The van der Waals surface area contributed by atoms with E-state index >= 15 is 0 Å². The summed E-state index contributed by atoms with van der Waals surface area (Å²) in [6.07, 6.45) is 8.32. The maximum atomic E-state index is 12.8. The number of Topliss-reactive ketones (excluding diaryl/α,β-unsaturated/α-hetero) is 2. The summed E-state index contributed by atoms with van der Waals surface area (Å²) in [6.45, 7) is 3.95. The molecule has 0 aliphatic carbocycles. The van der Waals surface area contributed by atoms with Crippen LogP contribution in [0.15, 0.2) is 61.2 Å². The topological polar surface area (TPSA) is 59.9 Å². The molecule has 0 fully saturated rings. The minimum atomic E-state index is 0.0985. The van der Waals surface area contributed by atoms with Crippen molar-refractivity contribution in [3.63, 3.8) is 0 Å². The van der Waals surface area contributed by atoms with Gasteiger partial charge >= 0.3 is 0 Å². The van der Waals surface area contributed by atoms with Crippen molar-refractivity contribution in [1.29, 1.82) is 0 Å². The van der Waals surface area contributed by atoms with Crippen LogP contribution in [0.4, 0.5) is 0 Å². The van der Waals surface area contributed by atoms with Crippen molar-refractivity contribution in [1.82, 2.24) is 9.97 Å². The van der Waals surface area contributed by atoms with Gasteiger partial charge in [0.25, 0.3) is 0 Å². The lowest BCUT2D eigenvalue weighted by molar-refractivity contribution is 0.0957. The van der Waals surface area contributed by atoms with E-state index in [2.05, 4.69) is 9.97 Å². The molecule has 0 spiro atoms. The molecule has 0 amide bonds. The Kier molecular flexibility index (Phi) is 6.49. The van der Waals surface area contributed by atoms with Gasteiger partial charge in [-0.15, -0.1) is 22.7 Å². The van der Waals surface area contributed by atoms with Crippen LogP contribution in [0.2, 0.25) is 0 Å². The molecule has 0 N–H and O–H groups in total. The zero-order valence-electron chi connectivity index (χ0n) is 17.4. The van der Waals surface area contributed by atoms with Crippen molar-refractivity contribution in [2.45, 2.75) is 33.1 Å². The van der Waals surface area contributed by atoms with Gasteiger partial charge in [0, 0.05) is 68.3 Å². The van der Waals surface area contributed by atoms with Crippen molar-refractivity contribution < 1.29 is 9.59 Å². The van der Waals surface area contributed by atoms with Crippen LogP contribution >= 0.6 is 22.7 Å². The minimum absolute atomic E-state index is 0.0985. The molecule has 0 saturated carbocycles. The summed E-state index contributed by atoms with van der Waals surface area (Å²) >= 11 is 3.23. The Labute approximate surface area is 189 Å². The smallest absolute Gasteiger partial charge is 0.164 e. The van der Waals surface area contributed by atoms with Gasteiger partial charge < -0.3 is 0 Å². The number of aryl methyl sites for hydroxylation is 2. The second-order valence-electron chi connectivity index (χ2n) is 7.33. The van der Waals surface area contributed by atoms with Gasteiger partial charge in [-0.05, 0) is 67.8 Å². The fourth-order valence-corrected chi connectivity index (χ4v) is 5.60. The molecule has 6 heteroatoms. The monoisotopic (exact) mass is 446 g/mol. The van der Waals surface area contributed by atoms with Gasteiger partial charge in [-0.25, -0.2) is 0 Å². The molecule has 4 heterocycles. The Hall–Kier alpha value is -2.96. The molecule has 0 aromatic carbocycles. The number of hydrogen-bond donors (Lipinski definition) is 0. The van der Waals surface area contributed by atoms with Gasteiger partial charge in [0.15, 0.2) is 11.6 Å². The molecule has 0 saturated heterocycles. The van der Waals surface area contributed by atoms with Crippen LogP contribution in [0, 0.1) is 13.8 Å². The van der Waals surface area contributed by atoms with Gasteiger partial charge in [-0.3, -0.25) is 19.6 Å². The normalized spacial score (nSPS) is 10.9. The Bertz CT molecular complexity index is 1120. The number of aromatic nitrogens is 2. The van der Waals surface area contributed by atoms with E-state index in [1.54, 1.807) is 47.5 Å². The first-order valence-corrected chi connectivity index (χ1v) is 11.7. The number of carbonyl (C=O) groups is 2. The van der Waals surface area contributed by atoms with Gasteiger partial charge in [0.2, 0.25) is 0 Å². The van der Waals surface area contributed by atoms with Crippen LogP contribution < -0.4 is 0 Å². The first kappa shape index (κ1) is 21.3. The average molecular weight is 447 g/mol. The summed E-state index contributed by atoms with van der Waals surface area (Å²) in [5.74, 6) is 0.197. The highest BCUT2D eigenvalue weighted by Gasteiger charge is 2.17. The van der Waals surface area contributed by atoms with Crippen LogP contribution in [0.5, 0.6) is 0 Å². The zero-order chi connectivity index (χ0) is 21.8. The minimum Gasteiger partial charge on any atom is -0.294 e. The fraction of sp³-hybridized carbons (Fsp3) is 0.200. The first-order valence-electron chi connectivity index (χ1n) is 10.1. The number of thiophene rings is 2. The van der Waals surface area contributed by atoms with Crippen molar-refractivity contribution >= 4 is 34.2 Å². The second kappa shape index (κ2) is 9.45. The van der Waals surface area contributed by atoms with E-state index in [-0.39, 0.29) is 11.6 Å². The number of carbonyl (C=O) groups excluding carboxylic acids is 2. The summed E-state index contributed by atoms with van der Waals surface area (Å²) in [6, 6.07) is 11.7. The maximum Gasteiger partial charge on any atom is 0.164 e. The molecule has 156 valence electrons. The van der Waals surface area contributed by atoms with Crippen LogP contribution in [-0.2, 0) is 0 Å².